The first kappa shape index (κ1) is 11.9. The molecule has 0 bridgehead atoms. The maximum Gasteiger partial charge on any atom is 0.260 e. The van der Waals surface area contributed by atoms with Gasteiger partial charge in [0, 0.05) is 18.3 Å². The predicted molar refractivity (Wildman–Crippen MR) is 66.6 cm³/mol. The summed E-state index contributed by atoms with van der Waals surface area (Å²) in [4.78, 5) is 4.00. The SMILES string of the molecule is O=S(=O)(NCc1ccoc1)c1n[nH]c2ncccc12. The molecular weight excluding hydrogens is 268 g/mol. The van der Waals surface area contributed by atoms with Gasteiger partial charge in [-0.25, -0.2) is 18.1 Å². The Bertz CT molecular complexity index is 792. The first-order valence-electron chi connectivity index (χ1n) is 5.47. The zero-order chi connectivity index (χ0) is 13.3. The summed E-state index contributed by atoms with van der Waals surface area (Å²) >= 11 is 0. The molecule has 0 atom stereocenters. The van der Waals surface area contributed by atoms with Gasteiger partial charge in [0.15, 0.2) is 5.65 Å². The molecule has 0 unspecified atom stereocenters. The molecule has 0 aliphatic rings. The number of aromatic nitrogens is 3. The molecule has 0 saturated carbocycles. The number of H-pyrrole nitrogens is 1. The van der Waals surface area contributed by atoms with Crippen LogP contribution in [0.5, 0.6) is 0 Å². The van der Waals surface area contributed by atoms with Crippen molar-refractivity contribution >= 4 is 21.1 Å². The van der Waals surface area contributed by atoms with Crippen molar-refractivity contribution < 1.29 is 12.8 Å². The molecule has 0 aromatic carbocycles. The monoisotopic (exact) mass is 278 g/mol. The standard InChI is InChI=1S/C11H10N4O3S/c16-19(17,13-6-8-3-5-18-7-8)11-9-2-1-4-12-10(9)14-15-11/h1-5,7,13H,6H2,(H,12,14,15). The Balaban J connectivity index is 1.91. The number of sulfonamides is 1. The van der Waals surface area contributed by atoms with Crippen LogP contribution in [0.3, 0.4) is 0 Å². The number of fused-ring (bicyclic) bond motifs is 1. The van der Waals surface area contributed by atoms with E-state index < -0.39 is 10.0 Å². The van der Waals surface area contributed by atoms with Crippen molar-refractivity contribution in [1.82, 2.24) is 19.9 Å². The van der Waals surface area contributed by atoms with E-state index in [1.165, 1.54) is 12.5 Å². The number of rotatable bonds is 4. The van der Waals surface area contributed by atoms with Crippen LogP contribution in [0.15, 0.2) is 46.4 Å². The van der Waals surface area contributed by atoms with Crippen molar-refractivity contribution in [3.05, 3.63) is 42.5 Å². The summed E-state index contributed by atoms with van der Waals surface area (Å²) in [5.74, 6) is 0. The second-order valence-corrected chi connectivity index (χ2v) is 5.57. The lowest BCUT2D eigenvalue weighted by atomic mass is 10.4. The molecule has 0 amide bonds. The van der Waals surface area contributed by atoms with Crippen LogP contribution in [0, 0.1) is 0 Å². The van der Waals surface area contributed by atoms with Crippen LogP contribution in [0.1, 0.15) is 5.56 Å². The summed E-state index contributed by atoms with van der Waals surface area (Å²) in [6.45, 7) is 0.146. The minimum absolute atomic E-state index is 0.0564. The van der Waals surface area contributed by atoms with Crippen LogP contribution in [0.25, 0.3) is 11.0 Å². The van der Waals surface area contributed by atoms with Crippen LogP contribution in [0.2, 0.25) is 0 Å². The van der Waals surface area contributed by atoms with Crippen LogP contribution in [-0.2, 0) is 16.6 Å². The Morgan fingerprint density at radius 3 is 3.05 bits per heavy atom. The van der Waals surface area contributed by atoms with Crippen LogP contribution in [0.4, 0.5) is 0 Å². The third-order valence-corrected chi connectivity index (χ3v) is 3.95. The van der Waals surface area contributed by atoms with Gasteiger partial charge in [0.05, 0.1) is 17.9 Å². The molecule has 0 saturated heterocycles. The Morgan fingerprint density at radius 2 is 2.26 bits per heavy atom. The molecule has 98 valence electrons. The molecule has 0 fully saturated rings. The Kier molecular flexibility index (Phi) is 2.80. The van der Waals surface area contributed by atoms with Crippen molar-refractivity contribution in [3.8, 4) is 0 Å². The lowest BCUT2D eigenvalue weighted by molar-refractivity contribution is 0.560. The maximum absolute atomic E-state index is 12.2. The highest BCUT2D eigenvalue weighted by Gasteiger charge is 2.21. The van der Waals surface area contributed by atoms with Crippen molar-refractivity contribution in [2.45, 2.75) is 11.6 Å². The molecular formula is C11H10N4O3S. The van der Waals surface area contributed by atoms with E-state index in [1.807, 2.05) is 0 Å². The van der Waals surface area contributed by atoms with E-state index in [9.17, 15) is 8.42 Å². The van der Waals surface area contributed by atoms with Gasteiger partial charge in [0.2, 0.25) is 5.03 Å². The fourth-order valence-corrected chi connectivity index (χ4v) is 2.79. The second-order valence-electron chi connectivity index (χ2n) is 3.88. The zero-order valence-corrected chi connectivity index (χ0v) is 10.5. The van der Waals surface area contributed by atoms with Crippen LogP contribution < -0.4 is 4.72 Å². The quantitative estimate of drug-likeness (QED) is 0.742. The highest BCUT2D eigenvalue weighted by atomic mass is 32.2. The average molecular weight is 278 g/mol. The first-order chi connectivity index (χ1) is 9.17. The molecule has 0 spiro atoms. The fourth-order valence-electron chi connectivity index (χ4n) is 1.68. The Hall–Kier alpha value is -2.19. The van der Waals surface area contributed by atoms with E-state index in [0.29, 0.717) is 11.0 Å². The average Bonchev–Trinajstić information content (AvgIpc) is 3.06. The number of hydrogen-bond donors (Lipinski definition) is 2. The van der Waals surface area contributed by atoms with Crippen molar-refractivity contribution in [1.29, 1.82) is 0 Å². The van der Waals surface area contributed by atoms with Crippen molar-refractivity contribution in [2.75, 3.05) is 0 Å². The summed E-state index contributed by atoms with van der Waals surface area (Å²) in [7, 11) is -3.69. The summed E-state index contributed by atoms with van der Waals surface area (Å²) in [5.41, 5.74) is 1.17. The normalized spacial score (nSPS) is 12.0. The van der Waals surface area contributed by atoms with Gasteiger partial charge in [0.25, 0.3) is 10.0 Å². The topological polar surface area (TPSA) is 101 Å². The van der Waals surface area contributed by atoms with Crippen LogP contribution in [-0.4, -0.2) is 23.6 Å². The third kappa shape index (κ3) is 2.23. The van der Waals surface area contributed by atoms with Gasteiger partial charge in [-0.1, -0.05) is 0 Å². The number of nitrogens with one attached hydrogen (secondary N) is 2. The number of hydrogen-bond acceptors (Lipinski definition) is 5. The summed E-state index contributed by atoms with van der Waals surface area (Å²) in [6, 6.07) is 5.00. The minimum atomic E-state index is -3.69. The highest BCUT2D eigenvalue weighted by Crippen LogP contribution is 2.17. The Labute approximate surface area is 108 Å². The molecule has 0 aliphatic carbocycles. The summed E-state index contributed by atoms with van der Waals surface area (Å²) in [5, 5.41) is 6.80. The number of pyridine rings is 1. The zero-order valence-electron chi connectivity index (χ0n) is 9.70. The molecule has 0 radical (unpaired) electrons. The molecule has 2 N–H and O–H groups in total. The number of aromatic amines is 1. The van der Waals surface area contributed by atoms with Gasteiger partial charge >= 0.3 is 0 Å². The molecule has 19 heavy (non-hydrogen) atoms. The highest BCUT2D eigenvalue weighted by molar-refractivity contribution is 7.89. The van der Waals surface area contributed by atoms with E-state index in [2.05, 4.69) is 19.9 Å². The van der Waals surface area contributed by atoms with Gasteiger partial charge in [-0.2, -0.15) is 5.10 Å². The van der Waals surface area contributed by atoms with E-state index in [4.69, 9.17) is 4.42 Å². The predicted octanol–water partition coefficient (Wildman–Crippen LogP) is 1.03. The van der Waals surface area contributed by atoms with Crippen molar-refractivity contribution in [2.24, 2.45) is 0 Å². The number of nitrogens with zero attached hydrogens (tertiary/aromatic N) is 2. The van der Waals surface area contributed by atoms with Gasteiger partial charge in [-0.05, 0) is 18.2 Å². The lowest BCUT2D eigenvalue weighted by Gasteiger charge is -2.02. The first-order valence-corrected chi connectivity index (χ1v) is 6.95. The summed E-state index contributed by atoms with van der Waals surface area (Å²) < 4.78 is 31.6. The molecule has 0 aliphatic heterocycles. The maximum atomic E-state index is 12.2. The molecule has 8 heteroatoms. The number of furan rings is 1. The van der Waals surface area contributed by atoms with Gasteiger partial charge in [0.1, 0.15) is 0 Å². The lowest BCUT2D eigenvalue weighted by Crippen LogP contribution is -2.23. The molecule has 7 nitrogen and oxygen atoms in total. The van der Waals surface area contributed by atoms with E-state index >= 15 is 0 Å². The second kappa shape index (κ2) is 4.48. The van der Waals surface area contributed by atoms with E-state index in [1.54, 1.807) is 24.4 Å². The van der Waals surface area contributed by atoms with Gasteiger partial charge in [-0.3, -0.25) is 5.10 Å². The molecule has 3 aromatic heterocycles. The minimum Gasteiger partial charge on any atom is -0.472 e. The largest absolute Gasteiger partial charge is 0.472 e. The third-order valence-electron chi connectivity index (χ3n) is 2.60. The van der Waals surface area contributed by atoms with Gasteiger partial charge in [-0.15, -0.1) is 0 Å². The van der Waals surface area contributed by atoms with Crippen molar-refractivity contribution in [3.63, 3.8) is 0 Å². The smallest absolute Gasteiger partial charge is 0.260 e. The summed E-state index contributed by atoms with van der Waals surface area (Å²) in [6.07, 6.45) is 4.53. The van der Waals surface area contributed by atoms with E-state index in [-0.39, 0.29) is 11.6 Å². The Morgan fingerprint density at radius 1 is 1.37 bits per heavy atom. The van der Waals surface area contributed by atoms with E-state index in [0.717, 1.165) is 5.56 Å². The fraction of sp³-hybridized carbons (Fsp3) is 0.0909. The van der Waals surface area contributed by atoms with Gasteiger partial charge < -0.3 is 4.42 Å². The molecule has 3 heterocycles. The van der Waals surface area contributed by atoms with Crippen LogP contribution >= 0.6 is 0 Å². The molecule has 3 rings (SSSR count). The molecule has 3 aromatic rings.